The van der Waals surface area contributed by atoms with Gasteiger partial charge < -0.3 is 0 Å². The average molecular weight is 217 g/mol. The van der Waals surface area contributed by atoms with Crippen molar-refractivity contribution in [1.82, 2.24) is 9.97 Å². The van der Waals surface area contributed by atoms with Gasteiger partial charge >= 0.3 is 0 Å². The Kier molecular flexibility index (Phi) is 2.06. The van der Waals surface area contributed by atoms with E-state index in [0.29, 0.717) is 5.52 Å². The van der Waals surface area contributed by atoms with Gasteiger partial charge in [0, 0.05) is 5.02 Å². The van der Waals surface area contributed by atoms with Crippen LogP contribution in [0.25, 0.3) is 11.0 Å². The van der Waals surface area contributed by atoms with E-state index in [4.69, 9.17) is 23.2 Å². The van der Waals surface area contributed by atoms with Crippen molar-refractivity contribution >= 4 is 34.2 Å². The van der Waals surface area contributed by atoms with E-state index in [1.54, 1.807) is 0 Å². The number of hydrogen-bond acceptors (Lipinski definition) is 2. The predicted molar refractivity (Wildman–Crippen MR) is 49.5 cm³/mol. The highest BCUT2D eigenvalue weighted by Crippen LogP contribution is 2.20. The SMILES string of the molecule is Fc1cc(Cl)cc2nc(Cl)cnc12. The lowest BCUT2D eigenvalue weighted by molar-refractivity contribution is 0.636. The fourth-order valence-corrected chi connectivity index (χ4v) is 1.37. The highest BCUT2D eigenvalue weighted by atomic mass is 35.5. The van der Waals surface area contributed by atoms with Gasteiger partial charge in [-0.2, -0.15) is 0 Å². The van der Waals surface area contributed by atoms with Crippen LogP contribution >= 0.6 is 23.2 Å². The second-order valence-corrected chi connectivity index (χ2v) is 3.27. The number of hydrogen-bond donors (Lipinski definition) is 0. The number of halogens is 3. The first-order valence-corrected chi connectivity index (χ1v) is 4.20. The molecule has 66 valence electrons. The van der Waals surface area contributed by atoms with Gasteiger partial charge in [0.15, 0.2) is 5.82 Å². The Hall–Kier alpha value is -0.930. The summed E-state index contributed by atoms with van der Waals surface area (Å²) in [5.74, 6) is -0.494. The van der Waals surface area contributed by atoms with Gasteiger partial charge in [-0.25, -0.2) is 14.4 Å². The van der Waals surface area contributed by atoms with E-state index >= 15 is 0 Å². The summed E-state index contributed by atoms with van der Waals surface area (Å²) in [6, 6.07) is 2.70. The lowest BCUT2D eigenvalue weighted by Gasteiger charge is -1.98. The van der Waals surface area contributed by atoms with Crippen LogP contribution in [0.1, 0.15) is 0 Å². The van der Waals surface area contributed by atoms with Crippen LogP contribution in [0.2, 0.25) is 10.2 Å². The summed E-state index contributed by atoms with van der Waals surface area (Å²) in [5, 5.41) is 0.496. The third-order valence-electron chi connectivity index (χ3n) is 1.54. The third kappa shape index (κ3) is 1.57. The first-order valence-electron chi connectivity index (χ1n) is 3.44. The molecule has 0 N–H and O–H groups in total. The quantitative estimate of drug-likeness (QED) is 0.677. The zero-order valence-electron chi connectivity index (χ0n) is 6.26. The Labute approximate surface area is 83.3 Å². The largest absolute Gasteiger partial charge is 0.248 e. The van der Waals surface area contributed by atoms with Crippen LogP contribution in [-0.2, 0) is 0 Å². The van der Waals surface area contributed by atoms with Crippen molar-refractivity contribution in [3.05, 3.63) is 34.3 Å². The van der Waals surface area contributed by atoms with Gasteiger partial charge in [-0.05, 0) is 12.1 Å². The van der Waals surface area contributed by atoms with Crippen LogP contribution in [-0.4, -0.2) is 9.97 Å². The summed E-state index contributed by atoms with van der Waals surface area (Å²) >= 11 is 11.2. The molecule has 0 unspecified atom stereocenters. The van der Waals surface area contributed by atoms with E-state index in [9.17, 15) is 4.39 Å². The molecule has 1 aromatic carbocycles. The van der Waals surface area contributed by atoms with Crippen molar-refractivity contribution < 1.29 is 4.39 Å². The molecule has 13 heavy (non-hydrogen) atoms. The van der Waals surface area contributed by atoms with Crippen LogP contribution in [0.5, 0.6) is 0 Å². The van der Waals surface area contributed by atoms with Gasteiger partial charge in [-0.1, -0.05) is 23.2 Å². The normalized spacial score (nSPS) is 10.7. The summed E-state index contributed by atoms with van der Waals surface area (Å²) in [5.41, 5.74) is 0.534. The van der Waals surface area contributed by atoms with E-state index in [0.717, 1.165) is 0 Å². The Morgan fingerprint density at radius 3 is 2.77 bits per heavy atom. The molecule has 1 heterocycles. The zero-order chi connectivity index (χ0) is 9.42. The Morgan fingerprint density at radius 1 is 1.23 bits per heavy atom. The van der Waals surface area contributed by atoms with Crippen molar-refractivity contribution in [1.29, 1.82) is 0 Å². The van der Waals surface area contributed by atoms with Crippen LogP contribution in [0, 0.1) is 5.82 Å². The molecule has 0 aliphatic carbocycles. The fourth-order valence-electron chi connectivity index (χ4n) is 1.03. The minimum absolute atomic E-state index is 0.175. The topological polar surface area (TPSA) is 25.8 Å². The number of fused-ring (bicyclic) bond motifs is 1. The van der Waals surface area contributed by atoms with E-state index in [1.165, 1.54) is 18.3 Å². The third-order valence-corrected chi connectivity index (χ3v) is 1.94. The van der Waals surface area contributed by atoms with Crippen LogP contribution in [0.4, 0.5) is 4.39 Å². The lowest BCUT2D eigenvalue weighted by atomic mass is 10.3. The first kappa shape index (κ1) is 8.66. The first-order chi connectivity index (χ1) is 6.16. The van der Waals surface area contributed by atoms with E-state index in [1.807, 2.05) is 0 Å². The van der Waals surface area contributed by atoms with Crippen LogP contribution < -0.4 is 0 Å². The molecule has 5 heteroatoms. The van der Waals surface area contributed by atoms with Gasteiger partial charge in [0.1, 0.15) is 10.7 Å². The maximum Gasteiger partial charge on any atom is 0.152 e. The number of aromatic nitrogens is 2. The molecule has 0 saturated heterocycles. The van der Waals surface area contributed by atoms with Gasteiger partial charge in [-0.15, -0.1) is 0 Å². The maximum absolute atomic E-state index is 13.1. The average Bonchev–Trinajstić information content (AvgIpc) is 2.02. The van der Waals surface area contributed by atoms with Crippen molar-refractivity contribution in [2.24, 2.45) is 0 Å². The maximum atomic E-state index is 13.1. The van der Waals surface area contributed by atoms with Crippen LogP contribution in [0.15, 0.2) is 18.3 Å². The molecule has 0 spiro atoms. The molecule has 0 aliphatic rings. The minimum Gasteiger partial charge on any atom is -0.248 e. The lowest BCUT2D eigenvalue weighted by Crippen LogP contribution is -1.87. The number of nitrogens with zero attached hydrogens (tertiary/aromatic N) is 2. The zero-order valence-corrected chi connectivity index (χ0v) is 7.77. The van der Waals surface area contributed by atoms with Crippen molar-refractivity contribution in [2.75, 3.05) is 0 Å². The predicted octanol–water partition coefficient (Wildman–Crippen LogP) is 3.08. The highest BCUT2D eigenvalue weighted by Gasteiger charge is 2.05. The van der Waals surface area contributed by atoms with Crippen molar-refractivity contribution in [3.63, 3.8) is 0 Å². The standard InChI is InChI=1S/C8H3Cl2FN2/c9-4-1-5(11)8-6(2-4)13-7(10)3-12-8/h1-3H. The molecule has 0 saturated carbocycles. The highest BCUT2D eigenvalue weighted by molar-refractivity contribution is 6.31. The minimum atomic E-state index is -0.494. The molecular weight excluding hydrogens is 214 g/mol. The summed E-state index contributed by atoms with van der Waals surface area (Å²) < 4.78 is 13.1. The molecule has 0 aliphatic heterocycles. The van der Waals surface area contributed by atoms with Gasteiger partial charge in [0.2, 0.25) is 0 Å². The molecule has 0 atom stereocenters. The van der Waals surface area contributed by atoms with Gasteiger partial charge in [-0.3, -0.25) is 0 Å². The second kappa shape index (κ2) is 3.09. The Morgan fingerprint density at radius 2 is 2.00 bits per heavy atom. The van der Waals surface area contributed by atoms with E-state index in [-0.39, 0.29) is 15.7 Å². The molecule has 0 amide bonds. The molecule has 2 nitrogen and oxygen atoms in total. The molecule has 0 radical (unpaired) electrons. The summed E-state index contributed by atoms with van der Waals surface area (Å²) in [4.78, 5) is 7.67. The molecule has 0 bridgehead atoms. The van der Waals surface area contributed by atoms with Gasteiger partial charge in [0.05, 0.1) is 11.7 Å². The second-order valence-electron chi connectivity index (χ2n) is 2.45. The monoisotopic (exact) mass is 216 g/mol. The smallest absolute Gasteiger partial charge is 0.152 e. The van der Waals surface area contributed by atoms with Crippen LogP contribution in [0.3, 0.4) is 0 Å². The van der Waals surface area contributed by atoms with E-state index < -0.39 is 5.82 Å². The van der Waals surface area contributed by atoms with Crippen molar-refractivity contribution in [3.8, 4) is 0 Å². The summed E-state index contributed by atoms with van der Waals surface area (Å²) in [6.45, 7) is 0. The Bertz CT molecular complexity index is 468. The molecule has 2 rings (SSSR count). The molecule has 1 aromatic heterocycles. The fraction of sp³-hybridized carbons (Fsp3) is 0. The molecule has 0 fully saturated rings. The van der Waals surface area contributed by atoms with Gasteiger partial charge in [0.25, 0.3) is 0 Å². The van der Waals surface area contributed by atoms with Crippen molar-refractivity contribution in [2.45, 2.75) is 0 Å². The number of benzene rings is 1. The van der Waals surface area contributed by atoms with E-state index in [2.05, 4.69) is 9.97 Å². The Balaban J connectivity index is 2.86. The molecule has 2 aromatic rings. The molecular formula is C8H3Cl2FN2. The summed E-state index contributed by atoms with van der Waals surface area (Å²) in [7, 11) is 0. The summed E-state index contributed by atoms with van der Waals surface area (Å²) in [6.07, 6.45) is 1.29. The number of rotatable bonds is 0.